The zero-order valence-corrected chi connectivity index (χ0v) is 17.5. The highest BCUT2D eigenvalue weighted by Crippen LogP contribution is 2.30. The van der Waals surface area contributed by atoms with Crippen molar-refractivity contribution in [1.82, 2.24) is 25.2 Å². The van der Waals surface area contributed by atoms with E-state index >= 15 is 0 Å². The van der Waals surface area contributed by atoms with Crippen LogP contribution in [0.25, 0.3) is 5.69 Å². The van der Waals surface area contributed by atoms with E-state index in [0.717, 1.165) is 0 Å². The van der Waals surface area contributed by atoms with Crippen molar-refractivity contribution in [1.29, 1.82) is 0 Å². The molecule has 0 aliphatic heterocycles. The first-order valence-electron chi connectivity index (χ1n) is 8.79. The monoisotopic (exact) mass is 415 g/mol. The van der Waals surface area contributed by atoms with Crippen molar-refractivity contribution in [2.24, 2.45) is 0 Å². The Labute approximate surface area is 171 Å². The molecular formula is C19H21N5O4S. The lowest BCUT2D eigenvalue weighted by atomic mass is 10.1. The molecule has 1 aromatic carbocycles. The molecule has 0 saturated heterocycles. The summed E-state index contributed by atoms with van der Waals surface area (Å²) in [5.41, 5.74) is 2.58. The molecule has 2 aromatic heterocycles. The van der Waals surface area contributed by atoms with Gasteiger partial charge in [-0.2, -0.15) is 4.68 Å². The number of rotatable bonds is 7. The third-order valence-corrected chi connectivity index (χ3v) is 5.51. The van der Waals surface area contributed by atoms with Crippen LogP contribution in [-0.2, 0) is 4.74 Å². The lowest BCUT2D eigenvalue weighted by molar-refractivity contribution is 0.0599. The van der Waals surface area contributed by atoms with E-state index in [9.17, 15) is 9.59 Å². The Morgan fingerprint density at radius 3 is 2.62 bits per heavy atom. The molecular weight excluding hydrogens is 394 g/mol. The molecule has 0 amide bonds. The number of nitrogens with one attached hydrogen (secondary N) is 1. The van der Waals surface area contributed by atoms with E-state index in [-0.39, 0.29) is 5.78 Å². The molecule has 9 nitrogen and oxygen atoms in total. The zero-order chi connectivity index (χ0) is 21.1. The number of ketones is 1. The largest absolute Gasteiger partial charge is 0.494 e. The number of H-pyrrole nitrogens is 1. The lowest BCUT2D eigenvalue weighted by Crippen LogP contribution is -2.16. The number of aromatic nitrogens is 5. The van der Waals surface area contributed by atoms with Crippen molar-refractivity contribution in [3.05, 3.63) is 46.8 Å². The molecule has 0 saturated carbocycles. The molecule has 0 fully saturated rings. The van der Waals surface area contributed by atoms with E-state index in [1.165, 1.54) is 23.6 Å². The number of carbonyl (C=O) groups excluding carboxylic acids is 2. The van der Waals surface area contributed by atoms with Crippen molar-refractivity contribution >= 4 is 23.5 Å². The van der Waals surface area contributed by atoms with Crippen LogP contribution in [0.15, 0.2) is 29.4 Å². The first-order valence-corrected chi connectivity index (χ1v) is 9.67. The molecule has 0 spiro atoms. The number of para-hydroxylation sites is 2. The maximum Gasteiger partial charge on any atom is 0.339 e. The van der Waals surface area contributed by atoms with Crippen LogP contribution in [-0.4, -0.2) is 56.4 Å². The van der Waals surface area contributed by atoms with Gasteiger partial charge in [0.25, 0.3) is 0 Å². The fraction of sp³-hybridized carbons (Fsp3) is 0.316. The summed E-state index contributed by atoms with van der Waals surface area (Å²) in [5.74, 6) is -0.0322. The topological polar surface area (TPSA) is 112 Å². The van der Waals surface area contributed by atoms with Gasteiger partial charge in [-0.15, -0.1) is 5.10 Å². The molecule has 1 unspecified atom stereocenters. The van der Waals surface area contributed by atoms with Crippen molar-refractivity contribution in [3.8, 4) is 11.4 Å². The molecule has 0 aliphatic rings. The molecule has 0 aliphatic carbocycles. The molecule has 1 atom stereocenters. The van der Waals surface area contributed by atoms with Crippen molar-refractivity contribution in [2.45, 2.75) is 31.2 Å². The SMILES string of the molecule is COC(=O)c1c(C)[nH]c(C(=O)C(C)Sc2nnnn2-c2ccccc2OC)c1C. The fourth-order valence-electron chi connectivity index (χ4n) is 3.03. The minimum atomic E-state index is -0.503. The maximum atomic E-state index is 13.0. The van der Waals surface area contributed by atoms with E-state index in [1.54, 1.807) is 33.9 Å². The van der Waals surface area contributed by atoms with Gasteiger partial charge in [-0.1, -0.05) is 23.9 Å². The van der Waals surface area contributed by atoms with Gasteiger partial charge >= 0.3 is 5.97 Å². The lowest BCUT2D eigenvalue weighted by Gasteiger charge is -2.12. The average Bonchev–Trinajstić information content (AvgIpc) is 3.30. The second-order valence-corrected chi connectivity index (χ2v) is 7.59. The maximum absolute atomic E-state index is 13.0. The minimum absolute atomic E-state index is 0.166. The van der Waals surface area contributed by atoms with Gasteiger partial charge in [0.15, 0.2) is 5.78 Å². The number of aromatic amines is 1. The summed E-state index contributed by atoms with van der Waals surface area (Å²) in [7, 11) is 2.88. The highest BCUT2D eigenvalue weighted by atomic mass is 32.2. The molecule has 2 heterocycles. The van der Waals surface area contributed by atoms with Gasteiger partial charge in [0.05, 0.1) is 30.7 Å². The second-order valence-electron chi connectivity index (χ2n) is 6.29. The van der Waals surface area contributed by atoms with Gasteiger partial charge in [0.1, 0.15) is 11.4 Å². The van der Waals surface area contributed by atoms with Crippen LogP contribution in [0.4, 0.5) is 0 Å². The zero-order valence-electron chi connectivity index (χ0n) is 16.7. The number of hydrogen-bond donors (Lipinski definition) is 1. The summed E-state index contributed by atoms with van der Waals surface area (Å²) in [6, 6.07) is 7.33. The minimum Gasteiger partial charge on any atom is -0.494 e. The highest BCUT2D eigenvalue weighted by Gasteiger charge is 2.27. The van der Waals surface area contributed by atoms with Crippen LogP contribution >= 0.6 is 11.8 Å². The Morgan fingerprint density at radius 1 is 1.21 bits per heavy atom. The van der Waals surface area contributed by atoms with E-state index < -0.39 is 11.2 Å². The molecule has 0 bridgehead atoms. The van der Waals surface area contributed by atoms with Crippen LogP contribution in [0.2, 0.25) is 0 Å². The quantitative estimate of drug-likeness (QED) is 0.356. The average molecular weight is 415 g/mol. The summed E-state index contributed by atoms with van der Waals surface area (Å²) in [5, 5.41) is 11.7. The summed E-state index contributed by atoms with van der Waals surface area (Å²) in [6.07, 6.45) is 0. The Kier molecular flexibility index (Phi) is 6.02. The third-order valence-electron chi connectivity index (χ3n) is 4.48. The van der Waals surface area contributed by atoms with Gasteiger partial charge in [0, 0.05) is 5.69 Å². The molecule has 152 valence electrons. The van der Waals surface area contributed by atoms with Gasteiger partial charge in [-0.25, -0.2) is 4.79 Å². The van der Waals surface area contributed by atoms with Gasteiger partial charge < -0.3 is 14.5 Å². The number of hydrogen-bond acceptors (Lipinski definition) is 8. The first kappa shape index (κ1) is 20.6. The summed E-state index contributed by atoms with van der Waals surface area (Å²) in [6.45, 7) is 5.22. The predicted molar refractivity (Wildman–Crippen MR) is 107 cm³/mol. The number of benzene rings is 1. The summed E-state index contributed by atoms with van der Waals surface area (Å²) < 4.78 is 11.7. The third kappa shape index (κ3) is 3.88. The Balaban J connectivity index is 1.87. The van der Waals surface area contributed by atoms with Gasteiger partial charge in [-0.05, 0) is 48.9 Å². The first-order chi connectivity index (χ1) is 13.9. The Hall–Kier alpha value is -3.14. The van der Waals surface area contributed by atoms with Crippen molar-refractivity contribution in [3.63, 3.8) is 0 Å². The van der Waals surface area contributed by atoms with Crippen LogP contribution < -0.4 is 4.74 Å². The number of methoxy groups -OCH3 is 2. The number of nitrogens with zero attached hydrogens (tertiary/aromatic N) is 4. The number of ether oxygens (including phenoxy) is 2. The number of carbonyl (C=O) groups is 2. The molecule has 3 rings (SSSR count). The Bertz CT molecular complexity index is 1060. The van der Waals surface area contributed by atoms with Crippen LogP contribution in [0.5, 0.6) is 5.75 Å². The summed E-state index contributed by atoms with van der Waals surface area (Å²) >= 11 is 1.22. The number of thioether (sulfide) groups is 1. The fourth-order valence-corrected chi connectivity index (χ4v) is 3.89. The highest BCUT2D eigenvalue weighted by molar-refractivity contribution is 8.00. The number of tetrazole rings is 1. The van der Waals surface area contributed by atoms with Gasteiger partial charge in [-0.3, -0.25) is 4.79 Å². The van der Waals surface area contributed by atoms with Gasteiger partial charge in [0.2, 0.25) is 5.16 Å². The molecule has 1 N–H and O–H groups in total. The molecule has 10 heteroatoms. The second kappa shape index (κ2) is 8.48. The normalized spacial score (nSPS) is 11.9. The van der Waals surface area contributed by atoms with Crippen molar-refractivity contribution in [2.75, 3.05) is 14.2 Å². The van der Waals surface area contributed by atoms with E-state index in [1.807, 2.05) is 18.2 Å². The number of Topliss-reactive ketones (excluding diaryl/α,β-unsaturated/α-hetero) is 1. The van der Waals surface area contributed by atoms with Crippen LogP contribution in [0.1, 0.15) is 39.0 Å². The smallest absolute Gasteiger partial charge is 0.339 e. The summed E-state index contributed by atoms with van der Waals surface area (Å²) in [4.78, 5) is 28.0. The number of esters is 1. The molecule has 3 aromatic rings. The van der Waals surface area contributed by atoms with Crippen LogP contribution in [0, 0.1) is 13.8 Å². The Morgan fingerprint density at radius 2 is 1.93 bits per heavy atom. The van der Waals surface area contributed by atoms with Crippen LogP contribution in [0.3, 0.4) is 0 Å². The predicted octanol–water partition coefficient (Wildman–Crippen LogP) is 2.77. The van der Waals surface area contributed by atoms with Crippen molar-refractivity contribution < 1.29 is 19.1 Å². The van der Waals surface area contributed by atoms with E-state index in [2.05, 4.69) is 20.5 Å². The standard InChI is InChI=1S/C19H21N5O4S/c1-10-15(18(26)28-5)11(2)20-16(10)17(25)12(3)29-19-21-22-23-24(19)13-8-6-7-9-14(13)27-4/h6-9,12,20H,1-5H3. The number of aryl methyl sites for hydroxylation is 1. The molecule has 0 radical (unpaired) electrons. The van der Waals surface area contributed by atoms with E-state index in [4.69, 9.17) is 9.47 Å². The molecule has 29 heavy (non-hydrogen) atoms. The van der Waals surface area contributed by atoms with E-state index in [0.29, 0.717) is 39.1 Å².